The lowest BCUT2D eigenvalue weighted by Crippen LogP contribution is -2.20. The summed E-state index contributed by atoms with van der Waals surface area (Å²) in [6.07, 6.45) is 43.9. The molecule has 0 spiro atoms. The van der Waals surface area contributed by atoms with Gasteiger partial charge in [0.25, 0.3) is 0 Å². The van der Waals surface area contributed by atoms with Gasteiger partial charge < -0.3 is 9.80 Å². The molecule has 3 atom stereocenters. The van der Waals surface area contributed by atoms with Gasteiger partial charge in [-0.1, -0.05) is 321 Å². The van der Waals surface area contributed by atoms with E-state index >= 15 is 0 Å². The molecule has 0 amide bonds. The maximum atomic E-state index is 2.53. The van der Waals surface area contributed by atoms with Crippen molar-refractivity contribution in [1.82, 2.24) is 0 Å². The first-order valence-electron chi connectivity index (χ1n) is 41.8. The number of hydrogen-bond donors (Lipinski definition) is 0. The van der Waals surface area contributed by atoms with E-state index in [1.165, 1.54) is 203 Å². The molecule has 13 aromatic carbocycles. The number of benzene rings is 13. The third kappa shape index (κ3) is 12.5. The molecule has 0 saturated carbocycles. The fraction of sp³-hybridized carbons (Fsp3) is 0.168. The van der Waals surface area contributed by atoms with Crippen LogP contribution in [-0.4, -0.2) is 0 Å². The Balaban J connectivity index is 0.520. The molecule has 0 bridgehead atoms. The van der Waals surface area contributed by atoms with E-state index in [1.54, 1.807) is 0 Å². The van der Waals surface area contributed by atoms with E-state index in [1.807, 2.05) is 0 Å². The molecule has 0 fully saturated rings. The molecule has 0 aliphatic heterocycles. The van der Waals surface area contributed by atoms with Crippen molar-refractivity contribution in [3.63, 3.8) is 0 Å². The quantitative estimate of drug-likeness (QED) is 0.100. The summed E-state index contributed by atoms with van der Waals surface area (Å²) in [4.78, 5) is 4.95. The highest BCUT2D eigenvalue weighted by atomic mass is 15.2. The van der Waals surface area contributed by atoms with Gasteiger partial charge in [0.2, 0.25) is 0 Å². The van der Waals surface area contributed by atoms with Crippen LogP contribution in [0.4, 0.5) is 28.4 Å². The van der Waals surface area contributed by atoms with E-state index in [9.17, 15) is 0 Å². The van der Waals surface area contributed by atoms with Crippen molar-refractivity contribution in [3.8, 4) is 55.6 Å². The third-order valence-corrected chi connectivity index (χ3v) is 27.1. The summed E-state index contributed by atoms with van der Waals surface area (Å²) in [5.74, 6) is 1.67. The van der Waals surface area contributed by atoms with E-state index in [0.29, 0.717) is 17.8 Å². The average Bonchev–Trinajstić information content (AvgIpc) is 1.59. The Hall–Kier alpha value is -12.6. The molecule has 556 valence electrons. The van der Waals surface area contributed by atoms with Gasteiger partial charge in [0.15, 0.2) is 0 Å². The van der Waals surface area contributed by atoms with Crippen molar-refractivity contribution in [3.05, 3.63) is 417 Å². The Labute approximate surface area is 678 Å². The van der Waals surface area contributed by atoms with Gasteiger partial charge in [-0.05, 0) is 296 Å². The van der Waals surface area contributed by atoms with Crippen LogP contribution in [0.2, 0.25) is 0 Å². The lowest BCUT2D eigenvalue weighted by Gasteiger charge is -2.32. The molecule has 0 N–H and O–H groups in total. The molecular formula is C113H94N2. The molecule has 13 aromatic rings. The van der Waals surface area contributed by atoms with Crippen molar-refractivity contribution in [1.29, 1.82) is 0 Å². The summed E-state index contributed by atoms with van der Waals surface area (Å²) < 4.78 is 0. The van der Waals surface area contributed by atoms with Crippen LogP contribution in [0, 0.1) is 17.8 Å². The Morgan fingerprint density at radius 3 is 1.18 bits per heavy atom. The number of hydrogen-bond acceptors (Lipinski definition) is 2. The second kappa shape index (κ2) is 27.9. The highest BCUT2D eigenvalue weighted by Gasteiger charge is 2.40. The van der Waals surface area contributed by atoms with Gasteiger partial charge in [-0.15, -0.1) is 0 Å². The van der Waals surface area contributed by atoms with Crippen molar-refractivity contribution in [2.24, 2.45) is 17.8 Å². The molecule has 3 unspecified atom stereocenters. The highest BCUT2D eigenvalue weighted by Crippen LogP contribution is 2.55. The monoisotopic (exact) mass is 1480 g/mol. The zero-order chi connectivity index (χ0) is 77.3. The van der Waals surface area contributed by atoms with Gasteiger partial charge in [0, 0.05) is 56.3 Å². The molecule has 0 heterocycles. The number of rotatable bonds is 14. The minimum absolute atomic E-state index is 0.185. The maximum Gasteiger partial charge on any atom is 0.0465 e. The first kappa shape index (κ1) is 70.3. The van der Waals surface area contributed by atoms with Gasteiger partial charge in [0.05, 0.1) is 0 Å². The van der Waals surface area contributed by atoms with Crippen LogP contribution in [0.15, 0.2) is 356 Å². The average molecular weight is 1480 g/mol. The summed E-state index contributed by atoms with van der Waals surface area (Å²) in [5, 5.41) is 5.00. The molecule has 0 radical (unpaired) electrons. The molecule has 8 aliphatic rings. The summed E-state index contributed by atoms with van der Waals surface area (Å²) in [5.41, 5.74) is 39.3. The molecule has 8 aliphatic carbocycles. The standard InChI is InChI=1S/C113H94N2/c1-111(2)105-63-73(23-25-75-29-59-101-103-61-55-97(71-109(103)112(3,4)107(101)65-75)114(93-47-39-81(40-48-93)89-35-31-77-15-7-11-19-85(77)67-89)94-49-41-82(42-50-94)90-36-32-78-16-8-12-20-86(78)68-90)27-57-99(105)100-58-28-74(64-106(100)111)24-26-76-30-60-102-104-62-56-98(72-110(104)113(5,6)108(102)66-76)115(95-51-43-83(44-52-95)91-37-33-79-17-9-13-21-87(79)69-91)96-53-45-84(46-54-96)92-38-34-80-18-10-14-22-88(80)70-92/h7-9,11-12,14-17,19-20,22-33,35-45,47-68,70-72,80,84,87H,10,13,18,21,34,46,69H2,1-6H3/b25-23+,26-24+. The second-order valence-electron chi connectivity index (χ2n) is 35.0. The lowest BCUT2D eigenvalue weighted by atomic mass is 9.78. The minimum atomic E-state index is -0.246. The predicted octanol–water partition coefficient (Wildman–Crippen LogP) is 30.6. The van der Waals surface area contributed by atoms with E-state index in [2.05, 4.69) is 409 Å². The molecule has 2 nitrogen and oxygen atoms in total. The Morgan fingerprint density at radius 1 is 0.313 bits per heavy atom. The summed E-state index contributed by atoms with van der Waals surface area (Å²) in [6, 6.07) is 101. The lowest BCUT2D eigenvalue weighted by molar-refractivity contribution is 0.556. The van der Waals surface area contributed by atoms with Crippen LogP contribution in [0.5, 0.6) is 0 Å². The number of fused-ring (bicyclic) bond motifs is 13. The van der Waals surface area contributed by atoms with Gasteiger partial charge in [-0.3, -0.25) is 0 Å². The molecule has 2 heteroatoms. The van der Waals surface area contributed by atoms with Crippen LogP contribution < -0.4 is 9.80 Å². The van der Waals surface area contributed by atoms with Gasteiger partial charge in [-0.2, -0.15) is 0 Å². The van der Waals surface area contributed by atoms with Crippen molar-refractivity contribution in [2.75, 3.05) is 9.80 Å². The zero-order valence-electron chi connectivity index (χ0n) is 66.6. The van der Waals surface area contributed by atoms with E-state index < -0.39 is 0 Å². The van der Waals surface area contributed by atoms with Gasteiger partial charge in [-0.25, -0.2) is 0 Å². The van der Waals surface area contributed by atoms with Crippen molar-refractivity contribution in [2.45, 2.75) is 103 Å². The predicted molar refractivity (Wildman–Crippen MR) is 490 cm³/mol. The van der Waals surface area contributed by atoms with Gasteiger partial charge in [0.1, 0.15) is 0 Å². The van der Waals surface area contributed by atoms with Crippen LogP contribution >= 0.6 is 0 Å². The van der Waals surface area contributed by atoms with Crippen LogP contribution in [0.25, 0.3) is 107 Å². The molecular weight excluding hydrogens is 1390 g/mol. The largest absolute Gasteiger partial charge is 0.311 e. The fourth-order valence-corrected chi connectivity index (χ4v) is 20.4. The number of anilines is 5. The summed E-state index contributed by atoms with van der Waals surface area (Å²) in [6.45, 7) is 14.5. The summed E-state index contributed by atoms with van der Waals surface area (Å²) >= 11 is 0. The zero-order valence-corrected chi connectivity index (χ0v) is 66.6. The third-order valence-electron chi connectivity index (χ3n) is 27.1. The molecule has 115 heavy (non-hydrogen) atoms. The Morgan fingerprint density at radius 2 is 0.713 bits per heavy atom. The van der Waals surface area contributed by atoms with Crippen LogP contribution in [-0.2, 0) is 16.2 Å². The second-order valence-corrected chi connectivity index (χ2v) is 35.0. The molecule has 0 aromatic heterocycles. The molecule has 0 saturated heterocycles. The Kier molecular flexibility index (Phi) is 17.0. The Bertz CT molecular complexity index is 6390. The first-order valence-corrected chi connectivity index (χ1v) is 41.8. The van der Waals surface area contributed by atoms with Crippen LogP contribution in [0.3, 0.4) is 0 Å². The topological polar surface area (TPSA) is 6.48 Å². The number of allylic oxidation sites excluding steroid dienone is 15. The van der Waals surface area contributed by atoms with Gasteiger partial charge >= 0.3 is 0 Å². The SMILES string of the molecule is CC1(C)c2cc(/C=C/c3ccc4c(c3)C(C)(C)c3cc(N(C5=CCC(C6=CCC7CCC=CC7=C6)C=C5)c5ccc(C6=CC=C7C=CCCC7C6)cc5)ccc3-4)ccc2-c2ccc(/C=C/c3ccc4c(c3)C(C)(C)c3cc(N(c5ccc(-c6ccc7ccccc7c6)cc5)c5ccc(-c6ccc7ccccc7c6)cc5)ccc3-4)cc21. The van der Waals surface area contributed by atoms with E-state index in [-0.39, 0.29) is 16.2 Å². The molecule has 21 rings (SSSR count). The summed E-state index contributed by atoms with van der Waals surface area (Å²) in [7, 11) is 0. The first-order chi connectivity index (χ1) is 56.2. The smallest absolute Gasteiger partial charge is 0.0465 e. The minimum Gasteiger partial charge on any atom is -0.311 e. The highest BCUT2D eigenvalue weighted by molar-refractivity contribution is 5.94. The van der Waals surface area contributed by atoms with Crippen molar-refractivity contribution < 1.29 is 0 Å². The number of nitrogens with zero attached hydrogens (tertiary/aromatic N) is 2. The van der Waals surface area contributed by atoms with Crippen LogP contribution in [0.1, 0.15) is 148 Å². The maximum absolute atomic E-state index is 2.53. The fourth-order valence-electron chi connectivity index (χ4n) is 20.4. The normalized spacial score (nSPS) is 18.7. The van der Waals surface area contributed by atoms with E-state index in [4.69, 9.17) is 0 Å². The van der Waals surface area contributed by atoms with E-state index in [0.717, 1.165) is 36.3 Å². The van der Waals surface area contributed by atoms with Crippen molar-refractivity contribution >= 4 is 79.9 Å².